The number of aromatic nitrogens is 4. The summed E-state index contributed by atoms with van der Waals surface area (Å²) in [5, 5.41) is 17.7. The van der Waals surface area contributed by atoms with Gasteiger partial charge in [-0.25, -0.2) is 15.0 Å². The summed E-state index contributed by atoms with van der Waals surface area (Å²) in [5.41, 5.74) is 0.717. The Hall–Kier alpha value is -3.90. The SMILES string of the molecule is Cc1cc(Nc2nccc(C(F)(F)F)n2)cc(-c2cnc(C3(O)CCC(C(=O)Nc4ccncc4)CC3)s2)c1. The van der Waals surface area contributed by atoms with E-state index in [2.05, 4.69) is 30.6 Å². The van der Waals surface area contributed by atoms with Gasteiger partial charge in [0.2, 0.25) is 11.9 Å². The van der Waals surface area contributed by atoms with Crippen molar-refractivity contribution in [3.63, 3.8) is 0 Å². The predicted octanol–water partition coefficient (Wildman–Crippen LogP) is 6.08. The van der Waals surface area contributed by atoms with Gasteiger partial charge in [0.05, 0.1) is 4.88 Å². The summed E-state index contributed by atoms with van der Waals surface area (Å²) in [5.74, 6) is -0.445. The van der Waals surface area contributed by atoms with Gasteiger partial charge in [-0.05, 0) is 74.1 Å². The van der Waals surface area contributed by atoms with Gasteiger partial charge in [0.1, 0.15) is 16.3 Å². The van der Waals surface area contributed by atoms with E-state index in [9.17, 15) is 23.1 Å². The fraction of sp³-hybridized carbons (Fsp3) is 0.296. The summed E-state index contributed by atoms with van der Waals surface area (Å²) >= 11 is 1.36. The highest BCUT2D eigenvalue weighted by Crippen LogP contribution is 2.43. The molecule has 1 aromatic carbocycles. The third-order valence-electron chi connectivity index (χ3n) is 6.60. The smallest absolute Gasteiger partial charge is 0.383 e. The lowest BCUT2D eigenvalue weighted by atomic mass is 9.78. The first-order valence-corrected chi connectivity index (χ1v) is 13.1. The highest BCUT2D eigenvalue weighted by Gasteiger charge is 2.39. The van der Waals surface area contributed by atoms with Crippen molar-refractivity contribution in [1.29, 1.82) is 0 Å². The molecule has 4 aromatic rings. The van der Waals surface area contributed by atoms with E-state index in [4.69, 9.17) is 0 Å². The second-order valence-corrected chi connectivity index (χ2v) is 10.6. The first-order chi connectivity index (χ1) is 18.6. The molecule has 0 saturated heterocycles. The van der Waals surface area contributed by atoms with Crippen molar-refractivity contribution in [2.45, 2.75) is 44.4 Å². The number of carbonyl (C=O) groups is 1. The molecule has 202 valence electrons. The van der Waals surface area contributed by atoms with Gasteiger partial charge in [-0.1, -0.05) is 6.07 Å². The Bertz CT molecular complexity index is 1470. The van der Waals surface area contributed by atoms with E-state index in [1.165, 1.54) is 11.3 Å². The van der Waals surface area contributed by atoms with Crippen LogP contribution in [0.1, 0.15) is 41.9 Å². The van der Waals surface area contributed by atoms with Gasteiger partial charge in [0.25, 0.3) is 0 Å². The van der Waals surface area contributed by atoms with Crippen LogP contribution in [0.25, 0.3) is 10.4 Å². The van der Waals surface area contributed by atoms with Crippen LogP contribution in [-0.4, -0.2) is 30.9 Å². The van der Waals surface area contributed by atoms with Gasteiger partial charge >= 0.3 is 6.18 Å². The summed E-state index contributed by atoms with van der Waals surface area (Å²) in [6, 6.07) is 9.76. The average Bonchev–Trinajstić information content (AvgIpc) is 3.41. The number of nitrogens with one attached hydrogen (secondary N) is 2. The van der Waals surface area contributed by atoms with Crippen molar-refractivity contribution in [2.24, 2.45) is 5.92 Å². The Morgan fingerprint density at radius 2 is 1.79 bits per heavy atom. The van der Waals surface area contributed by atoms with Crippen LogP contribution in [0.15, 0.2) is 61.2 Å². The number of alkyl halides is 3. The van der Waals surface area contributed by atoms with E-state index in [0.29, 0.717) is 42.1 Å². The van der Waals surface area contributed by atoms with Crippen LogP contribution in [0.4, 0.5) is 30.5 Å². The summed E-state index contributed by atoms with van der Waals surface area (Å²) in [6.07, 6.45) is 3.25. The van der Waals surface area contributed by atoms with Crippen LogP contribution in [0.2, 0.25) is 0 Å². The number of aliphatic hydroxyl groups is 1. The zero-order valence-electron chi connectivity index (χ0n) is 20.9. The minimum atomic E-state index is -4.57. The summed E-state index contributed by atoms with van der Waals surface area (Å²) in [4.78, 5) is 29.4. The summed E-state index contributed by atoms with van der Waals surface area (Å²) < 4.78 is 39.1. The minimum Gasteiger partial charge on any atom is -0.383 e. The summed E-state index contributed by atoms with van der Waals surface area (Å²) in [6.45, 7) is 1.87. The van der Waals surface area contributed by atoms with Crippen molar-refractivity contribution < 1.29 is 23.1 Å². The van der Waals surface area contributed by atoms with E-state index in [1.807, 2.05) is 13.0 Å². The quantitative estimate of drug-likeness (QED) is 0.265. The number of pyridine rings is 1. The number of aryl methyl sites for hydroxylation is 1. The molecule has 1 saturated carbocycles. The molecule has 1 aliphatic carbocycles. The molecule has 0 bridgehead atoms. The fourth-order valence-electron chi connectivity index (χ4n) is 4.58. The Morgan fingerprint density at radius 3 is 2.51 bits per heavy atom. The van der Waals surface area contributed by atoms with Crippen LogP contribution < -0.4 is 10.6 Å². The highest BCUT2D eigenvalue weighted by molar-refractivity contribution is 7.15. The number of anilines is 3. The maximum absolute atomic E-state index is 13.0. The zero-order chi connectivity index (χ0) is 27.6. The topological polar surface area (TPSA) is 113 Å². The van der Waals surface area contributed by atoms with E-state index < -0.39 is 17.5 Å². The Balaban J connectivity index is 1.28. The van der Waals surface area contributed by atoms with Gasteiger partial charge in [0, 0.05) is 42.1 Å². The third kappa shape index (κ3) is 6.23. The molecule has 0 radical (unpaired) electrons. The molecular weight excluding hydrogens is 529 g/mol. The maximum atomic E-state index is 13.0. The Morgan fingerprint density at radius 1 is 1.05 bits per heavy atom. The number of amides is 1. The van der Waals surface area contributed by atoms with E-state index in [0.717, 1.165) is 28.3 Å². The normalized spacial score (nSPS) is 19.5. The number of halogens is 3. The van der Waals surface area contributed by atoms with Crippen molar-refractivity contribution in [3.8, 4) is 10.4 Å². The predicted molar refractivity (Wildman–Crippen MR) is 141 cm³/mol. The van der Waals surface area contributed by atoms with Gasteiger partial charge < -0.3 is 15.7 Å². The van der Waals surface area contributed by atoms with E-state index >= 15 is 0 Å². The lowest BCUT2D eigenvalue weighted by Crippen LogP contribution is -2.35. The first-order valence-electron chi connectivity index (χ1n) is 12.3. The Labute approximate surface area is 226 Å². The molecule has 3 heterocycles. The molecule has 5 rings (SSSR count). The van der Waals surface area contributed by atoms with Crippen LogP contribution in [0, 0.1) is 12.8 Å². The monoisotopic (exact) mass is 554 g/mol. The number of benzene rings is 1. The fourth-order valence-corrected chi connectivity index (χ4v) is 5.63. The number of thiazole rings is 1. The van der Waals surface area contributed by atoms with E-state index in [-0.39, 0.29) is 17.8 Å². The molecule has 0 unspecified atom stereocenters. The molecule has 0 spiro atoms. The van der Waals surface area contributed by atoms with Crippen LogP contribution in [-0.2, 0) is 16.6 Å². The number of carbonyl (C=O) groups excluding carboxylic acids is 1. The van der Waals surface area contributed by atoms with Crippen molar-refractivity contribution in [3.05, 3.63) is 77.5 Å². The van der Waals surface area contributed by atoms with Gasteiger partial charge in [0.15, 0.2) is 0 Å². The largest absolute Gasteiger partial charge is 0.433 e. The second-order valence-electron chi connectivity index (χ2n) is 9.54. The molecule has 8 nitrogen and oxygen atoms in total. The lowest BCUT2D eigenvalue weighted by molar-refractivity contribution is -0.141. The Kier molecular flexibility index (Phi) is 7.32. The molecule has 12 heteroatoms. The molecule has 3 N–H and O–H groups in total. The standard InChI is InChI=1S/C27H25F3N6O2S/c1-16-12-18(14-20(13-16)35-25-32-11-6-22(36-25)27(28,29)30)21-15-33-24(39-21)26(38)7-2-17(3-8-26)23(37)34-19-4-9-31-10-5-19/h4-6,9-15,17,38H,2-3,7-8H2,1H3,(H,31,34,37)(H,32,35,36). The molecule has 1 fully saturated rings. The zero-order valence-corrected chi connectivity index (χ0v) is 21.7. The van der Waals surface area contributed by atoms with Crippen molar-refractivity contribution in [1.82, 2.24) is 19.9 Å². The van der Waals surface area contributed by atoms with Crippen LogP contribution in [0.5, 0.6) is 0 Å². The first kappa shape index (κ1) is 26.7. The van der Waals surface area contributed by atoms with Crippen LogP contribution >= 0.6 is 11.3 Å². The molecule has 1 amide bonds. The molecule has 0 aliphatic heterocycles. The highest BCUT2D eigenvalue weighted by atomic mass is 32.1. The minimum absolute atomic E-state index is 0.0763. The molecule has 1 aliphatic rings. The average molecular weight is 555 g/mol. The maximum Gasteiger partial charge on any atom is 0.433 e. The number of hydrogen-bond acceptors (Lipinski definition) is 8. The summed E-state index contributed by atoms with van der Waals surface area (Å²) in [7, 11) is 0. The molecule has 0 atom stereocenters. The number of rotatable bonds is 6. The van der Waals surface area contributed by atoms with Crippen molar-refractivity contribution in [2.75, 3.05) is 10.6 Å². The van der Waals surface area contributed by atoms with E-state index in [1.54, 1.807) is 42.9 Å². The van der Waals surface area contributed by atoms with Gasteiger partial charge in [-0.2, -0.15) is 13.2 Å². The molecular formula is C27H25F3N6O2S. The van der Waals surface area contributed by atoms with Crippen molar-refractivity contribution >= 4 is 34.6 Å². The molecule has 3 aromatic heterocycles. The molecule has 39 heavy (non-hydrogen) atoms. The third-order valence-corrected chi connectivity index (χ3v) is 7.84. The van der Waals surface area contributed by atoms with Gasteiger partial charge in [-0.3, -0.25) is 9.78 Å². The second kappa shape index (κ2) is 10.7. The number of nitrogens with zero attached hydrogens (tertiary/aromatic N) is 4. The number of hydrogen-bond donors (Lipinski definition) is 3. The van der Waals surface area contributed by atoms with Gasteiger partial charge in [-0.15, -0.1) is 11.3 Å². The van der Waals surface area contributed by atoms with Crippen LogP contribution in [0.3, 0.4) is 0 Å². The lowest BCUT2D eigenvalue weighted by Gasteiger charge is -2.33.